The molecule has 0 aliphatic carbocycles. The number of carboxylic acid groups (broad SMARTS) is 1. The monoisotopic (exact) mass is 314 g/mol. The van der Waals surface area contributed by atoms with Crippen LogP contribution in [0.5, 0.6) is 0 Å². The second-order valence-electron chi connectivity index (χ2n) is 4.98. The number of sulfonamides is 1. The second-order valence-corrected chi connectivity index (χ2v) is 6.70. The van der Waals surface area contributed by atoms with E-state index in [4.69, 9.17) is 5.11 Å². The van der Waals surface area contributed by atoms with Crippen molar-refractivity contribution in [2.75, 3.05) is 15.8 Å². The lowest BCUT2D eigenvalue weighted by Crippen LogP contribution is -2.22. The van der Waals surface area contributed by atoms with Crippen LogP contribution >= 0.6 is 0 Å². The molecule has 0 bridgehead atoms. The molecule has 0 aliphatic heterocycles. The lowest BCUT2D eigenvalue weighted by atomic mass is 10.1. The number of carbonyl (C=O) groups excluding carboxylic acids is 1. The highest BCUT2D eigenvalue weighted by Crippen LogP contribution is 2.15. The summed E-state index contributed by atoms with van der Waals surface area (Å²) < 4.78 is 25.0. The lowest BCUT2D eigenvalue weighted by Gasteiger charge is -2.09. The molecule has 0 saturated heterocycles. The van der Waals surface area contributed by atoms with Gasteiger partial charge in [0.05, 0.1) is 0 Å². The zero-order chi connectivity index (χ0) is 16.0. The van der Waals surface area contributed by atoms with E-state index in [-0.39, 0.29) is 17.5 Å². The van der Waals surface area contributed by atoms with Gasteiger partial charge in [-0.25, -0.2) is 8.42 Å². The molecule has 0 aromatic heterocycles. The minimum atomic E-state index is -3.92. The molecule has 0 atom stereocenters. The van der Waals surface area contributed by atoms with Gasteiger partial charge in [0, 0.05) is 17.8 Å². The van der Waals surface area contributed by atoms with E-state index < -0.39 is 21.7 Å². The van der Waals surface area contributed by atoms with Crippen molar-refractivity contribution in [1.29, 1.82) is 0 Å². The largest absolute Gasteiger partial charge is 0.480 e. The molecule has 0 radical (unpaired) electrons. The van der Waals surface area contributed by atoms with Crippen LogP contribution in [0.1, 0.15) is 20.3 Å². The highest BCUT2D eigenvalue weighted by atomic mass is 32.2. The topological polar surface area (TPSA) is 113 Å². The molecule has 0 saturated carbocycles. The summed E-state index contributed by atoms with van der Waals surface area (Å²) >= 11 is 0. The first kappa shape index (κ1) is 17.0. The number of benzene rings is 1. The predicted molar refractivity (Wildman–Crippen MR) is 79.6 cm³/mol. The number of nitrogens with one attached hydrogen (secondary N) is 2. The summed E-state index contributed by atoms with van der Waals surface area (Å²) in [5, 5.41) is 11.2. The molecule has 1 aromatic rings. The molecular weight excluding hydrogens is 296 g/mol. The fraction of sp³-hybridized carbons (Fsp3) is 0.385. The van der Waals surface area contributed by atoms with E-state index in [1.165, 1.54) is 24.3 Å². The van der Waals surface area contributed by atoms with Crippen LogP contribution in [0.3, 0.4) is 0 Å². The van der Waals surface area contributed by atoms with Crippen LogP contribution in [0.2, 0.25) is 0 Å². The fourth-order valence-electron chi connectivity index (χ4n) is 1.58. The molecule has 7 nitrogen and oxygen atoms in total. The van der Waals surface area contributed by atoms with Crippen molar-refractivity contribution in [3.8, 4) is 0 Å². The molecule has 8 heteroatoms. The minimum Gasteiger partial charge on any atom is -0.480 e. The number of hydrogen-bond donors (Lipinski definition) is 3. The number of rotatable bonds is 7. The molecule has 1 amide bonds. The highest BCUT2D eigenvalue weighted by Gasteiger charge is 2.15. The SMILES string of the molecule is CC(C)CC(=O)Nc1ccc(NS(=O)(=O)CC(=O)O)cc1. The first-order chi connectivity index (χ1) is 9.68. The normalized spacial score (nSPS) is 11.2. The maximum absolute atomic E-state index is 11.6. The Kier molecular flexibility index (Phi) is 5.71. The number of anilines is 2. The van der Waals surface area contributed by atoms with Gasteiger partial charge in [-0.2, -0.15) is 0 Å². The van der Waals surface area contributed by atoms with E-state index in [0.29, 0.717) is 12.1 Å². The van der Waals surface area contributed by atoms with Gasteiger partial charge in [0.1, 0.15) is 0 Å². The van der Waals surface area contributed by atoms with Gasteiger partial charge in [0.25, 0.3) is 0 Å². The Hall–Kier alpha value is -2.09. The van der Waals surface area contributed by atoms with E-state index in [9.17, 15) is 18.0 Å². The highest BCUT2D eigenvalue weighted by molar-refractivity contribution is 7.93. The Balaban J connectivity index is 2.66. The molecular formula is C13H18N2O5S. The molecule has 1 rings (SSSR count). The fourth-order valence-corrected chi connectivity index (χ4v) is 2.48. The summed E-state index contributed by atoms with van der Waals surface area (Å²) in [6.07, 6.45) is 0.396. The second kappa shape index (κ2) is 7.07. The Morgan fingerprint density at radius 3 is 2.14 bits per heavy atom. The van der Waals surface area contributed by atoms with Crippen molar-refractivity contribution < 1.29 is 23.1 Å². The van der Waals surface area contributed by atoms with Crippen LogP contribution in [0.4, 0.5) is 11.4 Å². The minimum absolute atomic E-state index is 0.121. The van der Waals surface area contributed by atoms with Gasteiger partial charge >= 0.3 is 5.97 Å². The Morgan fingerprint density at radius 1 is 1.14 bits per heavy atom. The molecule has 0 aliphatic rings. The van der Waals surface area contributed by atoms with Gasteiger partial charge < -0.3 is 10.4 Å². The third kappa shape index (κ3) is 6.75. The van der Waals surface area contributed by atoms with Crippen molar-refractivity contribution in [2.45, 2.75) is 20.3 Å². The van der Waals surface area contributed by atoms with Crippen LogP contribution in [0, 0.1) is 5.92 Å². The molecule has 0 unspecified atom stereocenters. The molecule has 21 heavy (non-hydrogen) atoms. The predicted octanol–water partition coefficient (Wildman–Crippen LogP) is 1.50. The van der Waals surface area contributed by atoms with Gasteiger partial charge in [-0.1, -0.05) is 13.8 Å². The van der Waals surface area contributed by atoms with Crippen molar-refractivity contribution in [3.63, 3.8) is 0 Å². The molecule has 0 heterocycles. The van der Waals surface area contributed by atoms with Gasteiger partial charge in [0.2, 0.25) is 15.9 Å². The van der Waals surface area contributed by atoms with Crippen LogP contribution in [-0.4, -0.2) is 31.2 Å². The first-order valence-electron chi connectivity index (χ1n) is 6.30. The maximum atomic E-state index is 11.6. The third-order valence-corrected chi connectivity index (χ3v) is 3.52. The van der Waals surface area contributed by atoms with Crippen LogP contribution in [0.15, 0.2) is 24.3 Å². The molecule has 0 fully saturated rings. The smallest absolute Gasteiger partial charge is 0.320 e. The van der Waals surface area contributed by atoms with Crippen LogP contribution < -0.4 is 10.0 Å². The Morgan fingerprint density at radius 2 is 1.67 bits per heavy atom. The number of amides is 1. The lowest BCUT2D eigenvalue weighted by molar-refractivity contribution is -0.134. The summed E-state index contributed by atoms with van der Waals surface area (Å²) in [5.74, 6) is -2.31. The van der Waals surface area contributed by atoms with Crippen molar-refractivity contribution >= 4 is 33.3 Å². The summed E-state index contributed by atoms with van der Waals surface area (Å²) in [4.78, 5) is 22.0. The van der Waals surface area contributed by atoms with Gasteiger partial charge in [-0.3, -0.25) is 14.3 Å². The van der Waals surface area contributed by atoms with Crippen molar-refractivity contribution in [2.24, 2.45) is 5.92 Å². The van der Waals surface area contributed by atoms with Crippen molar-refractivity contribution in [1.82, 2.24) is 0 Å². The molecule has 116 valence electrons. The first-order valence-corrected chi connectivity index (χ1v) is 7.95. The van der Waals surface area contributed by atoms with E-state index in [2.05, 4.69) is 10.0 Å². The van der Waals surface area contributed by atoms with Gasteiger partial charge in [-0.05, 0) is 30.2 Å². The average Bonchev–Trinajstić information content (AvgIpc) is 2.28. The average molecular weight is 314 g/mol. The zero-order valence-corrected chi connectivity index (χ0v) is 12.6. The molecule has 0 spiro atoms. The van der Waals surface area contributed by atoms with E-state index in [1.807, 2.05) is 13.8 Å². The summed E-state index contributed by atoms with van der Waals surface area (Å²) in [6.45, 7) is 3.86. The zero-order valence-electron chi connectivity index (χ0n) is 11.8. The number of carbonyl (C=O) groups is 2. The van der Waals surface area contributed by atoms with E-state index >= 15 is 0 Å². The summed E-state index contributed by atoms with van der Waals surface area (Å²) in [7, 11) is -3.92. The quantitative estimate of drug-likeness (QED) is 0.706. The molecule has 3 N–H and O–H groups in total. The van der Waals surface area contributed by atoms with E-state index in [0.717, 1.165) is 0 Å². The standard InChI is InChI=1S/C13H18N2O5S/c1-9(2)7-12(16)14-10-3-5-11(6-4-10)15-21(19,20)8-13(17)18/h3-6,9,15H,7-8H2,1-2H3,(H,14,16)(H,17,18). The van der Waals surface area contributed by atoms with Crippen LogP contribution in [-0.2, 0) is 19.6 Å². The number of carboxylic acids is 1. The van der Waals surface area contributed by atoms with E-state index in [1.54, 1.807) is 0 Å². The Bertz CT molecular complexity index is 608. The van der Waals surface area contributed by atoms with Gasteiger partial charge in [0.15, 0.2) is 5.75 Å². The number of aliphatic carboxylic acids is 1. The van der Waals surface area contributed by atoms with Gasteiger partial charge in [-0.15, -0.1) is 0 Å². The third-order valence-electron chi connectivity index (χ3n) is 2.35. The summed E-state index contributed by atoms with van der Waals surface area (Å²) in [6, 6.07) is 5.97. The van der Waals surface area contributed by atoms with Crippen LogP contribution in [0.25, 0.3) is 0 Å². The summed E-state index contributed by atoms with van der Waals surface area (Å²) in [5.41, 5.74) is 0.778. The number of hydrogen-bond acceptors (Lipinski definition) is 4. The van der Waals surface area contributed by atoms with Crippen molar-refractivity contribution in [3.05, 3.63) is 24.3 Å². The molecule has 1 aromatic carbocycles. The maximum Gasteiger partial charge on any atom is 0.320 e. The Labute approximate surface area is 123 Å².